The first-order chi connectivity index (χ1) is 15.4. The monoisotopic (exact) mass is 477 g/mol. The molecule has 14 N–H and O–H groups in total. The van der Waals surface area contributed by atoms with E-state index in [9.17, 15) is 19.2 Å². The molecule has 0 saturated heterocycles. The Morgan fingerprint density at radius 2 is 1.58 bits per heavy atom. The first-order valence-electron chi connectivity index (χ1n) is 9.88. The third-order valence-corrected chi connectivity index (χ3v) is 3.67. The molecular weight excluding hydrogens is 442 g/mol. The number of hydrogen-bond donors (Lipinski definition) is 9. The van der Waals surface area contributed by atoms with Crippen molar-refractivity contribution in [1.29, 1.82) is 0 Å². The van der Waals surface area contributed by atoms with Crippen molar-refractivity contribution in [2.75, 3.05) is 13.2 Å². The van der Waals surface area contributed by atoms with Gasteiger partial charge in [0, 0.05) is 18.3 Å². The van der Waals surface area contributed by atoms with E-state index in [1.807, 2.05) is 0 Å². The lowest BCUT2D eigenvalue weighted by atomic mass is 10.1. The number of aromatic nitrogens is 2. The fourth-order valence-corrected chi connectivity index (χ4v) is 1.69. The number of esters is 2. The number of nitrogens with zero attached hydrogens (tertiary/aromatic N) is 1. The standard InChI is InChI=1S/C9H19N3O3.C6H9N3O2.C3H7NO3/c1-6(11)8(13)15-9(14)7(12)4-2-3-5-10;7-5(6(10)11)1-4-2-8-3-9-4;4-2(1-5)3(6)7/h6-7H,2-5,10-12H2,1H3;2-3,5H,1,7H2,(H,8,9)(H,10,11);2,5H,1,4H2,(H,6,7)/t6-,7-;5-;2-/m001/s1. The van der Waals surface area contributed by atoms with Crippen molar-refractivity contribution in [1.82, 2.24) is 9.97 Å². The molecule has 15 nitrogen and oxygen atoms in total. The van der Waals surface area contributed by atoms with Crippen LogP contribution in [0.3, 0.4) is 0 Å². The molecule has 0 bridgehead atoms. The number of aliphatic carboxylic acids is 2. The predicted molar refractivity (Wildman–Crippen MR) is 116 cm³/mol. The molecular formula is C18H35N7O8. The lowest BCUT2D eigenvalue weighted by Gasteiger charge is -2.10. The first kappa shape index (κ1) is 32.2. The summed E-state index contributed by atoms with van der Waals surface area (Å²) >= 11 is 0. The van der Waals surface area contributed by atoms with Gasteiger partial charge in [0.15, 0.2) is 0 Å². The van der Waals surface area contributed by atoms with Gasteiger partial charge in [-0.1, -0.05) is 6.42 Å². The maximum absolute atomic E-state index is 11.2. The number of imidazole rings is 1. The van der Waals surface area contributed by atoms with Gasteiger partial charge in [-0.25, -0.2) is 14.6 Å². The summed E-state index contributed by atoms with van der Waals surface area (Å²) in [5.41, 5.74) is 26.8. The molecule has 0 spiro atoms. The number of H-pyrrole nitrogens is 1. The molecule has 0 fully saturated rings. The molecule has 0 aliphatic rings. The number of ether oxygens (including phenoxy) is 1. The van der Waals surface area contributed by atoms with E-state index in [1.54, 1.807) is 6.20 Å². The normalized spacial score (nSPS) is 13.7. The highest BCUT2D eigenvalue weighted by atomic mass is 16.6. The Hall–Kier alpha value is -2.95. The topological polar surface area (TPSA) is 297 Å². The van der Waals surface area contributed by atoms with Crippen molar-refractivity contribution in [3.8, 4) is 0 Å². The number of carbonyl (C=O) groups excluding carboxylic acids is 2. The zero-order valence-corrected chi connectivity index (χ0v) is 18.4. The molecule has 1 aromatic rings. The minimum atomic E-state index is -1.18. The molecule has 4 atom stereocenters. The van der Waals surface area contributed by atoms with E-state index in [0.29, 0.717) is 13.0 Å². The van der Waals surface area contributed by atoms with Crippen LogP contribution in [0.2, 0.25) is 0 Å². The second-order valence-electron chi connectivity index (χ2n) is 6.77. The number of aliphatic hydroxyl groups excluding tert-OH is 1. The summed E-state index contributed by atoms with van der Waals surface area (Å²) in [5.74, 6) is -3.66. The van der Waals surface area contributed by atoms with E-state index in [4.69, 9.17) is 44.0 Å². The highest BCUT2D eigenvalue weighted by molar-refractivity contribution is 5.90. The molecule has 15 heteroatoms. The molecule has 1 rings (SSSR count). The third-order valence-electron chi connectivity index (χ3n) is 3.67. The quantitative estimate of drug-likeness (QED) is 0.0853. The molecule has 190 valence electrons. The Balaban J connectivity index is 0. The SMILES string of the molecule is C[C@H](N)C(=O)OC(=O)[C@@H](N)CCCCN.N[C@@H](Cc1cnc[nH]1)C(=O)O.N[C@H](CO)C(=O)O. The lowest BCUT2D eigenvalue weighted by molar-refractivity contribution is -0.161. The Labute approximate surface area is 190 Å². The molecule has 1 aromatic heterocycles. The Bertz CT molecular complexity index is 700. The molecule has 0 unspecified atom stereocenters. The Morgan fingerprint density at radius 3 is 1.94 bits per heavy atom. The second kappa shape index (κ2) is 18.6. The minimum absolute atomic E-state index is 0.287. The molecule has 0 radical (unpaired) electrons. The van der Waals surface area contributed by atoms with Crippen LogP contribution >= 0.6 is 0 Å². The molecule has 0 saturated carbocycles. The van der Waals surface area contributed by atoms with Crippen molar-refractivity contribution in [2.24, 2.45) is 28.7 Å². The highest BCUT2D eigenvalue weighted by Gasteiger charge is 2.20. The molecule has 0 aromatic carbocycles. The summed E-state index contributed by atoms with van der Waals surface area (Å²) in [5, 5.41) is 24.3. The van der Waals surface area contributed by atoms with Gasteiger partial charge in [0.1, 0.15) is 24.2 Å². The van der Waals surface area contributed by atoms with Crippen LogP contribution in [-0.4, -0.2) is 86.5 Å². The smallest absolute Gasteiger partial charge is 0.330 e. The molecule has 0 amide bonds. The van der Waals surface area contributed by atoms with Gasteiger partial charge in [0.25, 0.3) is 0 Å². The average molecular weight is 478 g/mol. The number of hydrogen-bond acceptors (Lipinski definition) is 12. The number of nitrogens with one attached hydrogen (secondary N) is 1. The van der Waals surface area contributed by atoms with Gasteiger partial charge in [0.05, 0.1) is 12.9 Å². The van der Waals surface area contributed by atoms with Crippen LogP contribution in [-0.2, 0) is 30.3 Å². The van der Waals surface area contributed by atoms with Crippen LogP contribution in [0.25, 0.3) is 0 Å². The molecule has 0 aliphatic heterocycles. The van der Waals surface area contributed by atoms with Crippen molar-refractivity contribution in [3.63, 3.8) is 0 Å². The first-order valence-corrected chi connectivity index (χ1v) is 9.88. The largest absolute Gasteiger partial charge is 0.480 e. The van der Waals surface area contributed by atoms with Gasteiger partial charge in [-0.3, -0.25) is 9.59 Å². The Morgan fingerprint density at radius 1 is 1.00 bits per heavy atom. The summed E-state index contributed by atoms with van der Waals surface area (Å²) in [7, 11) is 0. The number of aliphatic hydroxyl groups is 1. The van der Waals surface area contributed by atoms with Crippen LogP contribution in [0, 0.1) is 0 Å². The van der Waals surface area contributed by atoms with Crippen molar-refractivity contribution in [2.45, 2.75) is 56.8 Å². The number of nitrogens with two attached hydrogens (primary N) is 5. The van der Waals surface area contributed by atoms with Crippen molar-refractivity contribution in [3.05, 3.63) is 18.2 Å². The molecule has 33 heavy (non-hydrogen) atoms. The summed E-state index contributed by atoms with van der Waals surface area (Å²) in [4.78, 5) is 48.6. The highest BCUT2D eigenvalue weighted by Crippen LogP contribution is 2.00. The summed E-state index contributed by atoms with van der Waals surface area (Å²) < 4.78 is 4.45. The summed E-state index contributed by atoms with van der Waals surface area (Å²) in [6, 6.07) is -3.57. The lowest BCUT2D eigenvalue weighted by Crippen LogP contribution is -2.38. The van der Waals surface area contributed by atoms with Gasteiger partial charge in [-0.2, -0.15) is 0 Å². The second-order valence-corrected chi connectivity index (χ2v) is 6.77. The maximum atomic E-state index is 11.2. The van der Waals surface area contributed by atoms with E-state index < -0.39 is 54.7 Å². The number of unbranched alkanes of at least 4 members (excludes halogenated alkanes) is 1. The van der Waals surface area contributed by atoms with Crippen molar-refractivity contribution >= 4 is 23.9 Å². The number of rotatable bonds is 11. The van der Waals surface area contributed by atoms with Crippen LogP contribution in [0.1, 0.15) is 31.9 Å². The van der Waals surface area contributed by atoms with E-state index >= 15 is 0 Å². The third kappa shape index (κ3) is 17.3. The maximum Gasteiger partial charge on any atom is 0.330 e. The number of aromatic amines is 1. The summed E-state index contributed by atoms with van der Waals surface area (Å²) in [6.45, 7) is 1.49. The Kier molecular flexibility index (Phi) is 18.2. The summed E-state index contributed by atoms with van der Waals surface area (Å²) in [6.07, 6.45) is 5.33. The van der Waals surface area contributed by atoms with Crippen LogP contribution in [0.5, 0.6) is 0 Å². The molecule has 0 aliphatic carbocycles. The van der Waals surface area contributed by atoms with E-state index in [1.165, 1.54) is 13.3 Å². The predicted octanol–water partition coefficient (Wildman–Crippen LogP) is -3.39. The number of carbonyl (C=O) groups is 4. The van der Waals surface area contributed by atoms with Gasteiger partial charge in [-0.05, 0) is 26.3 Å². The van der Waals surface area contributed by atoms with Crippen LogP contribution in [0.15, 0.2) is 12.5 Å². The van der Waals surface area contributed by atoms with Gasteiger partial charge < -0.3 is 53.7 Å². The van der Waals surface area contributed by atoms with Crippen molar-refractivity contribution < 1.29 is 39.2 Å². The fourth-order valence-electron chi connectivity index (χ4n) is 1.69. The number of carboxylic acid groups (broad SMARTS) is 2. The van der Waals surface area contributed by atoms with Gasteiger partial charge >= 0.3 is 23.9 Å². The zero-order valence-electron chi connectivity index (χ0n) is 18.4. The van der Waals surface area contributed by atoms with E-state index in [2.05, 4.69) is 14.7 Å². The van der Waals surface area contributed by atoms with Gasteiger partial charge in [-0.15, -0.1) is 0 Å². The average Bonchev–Trinajstić information content (AvgIpc) is 3.26. The van der Waals surface area contributed by atoms with Crippen LogP contribution < -0.4 is 28.7 Å². The van der Waals surface area contributed by atoms with E-state index in [-0.39, 0.29) is 6.42 Å². The zero-order chi connectivity index (χ0) is 26.0. The molecule has 1 heterocycles. The van der Waals surface area contributed by atoms with Crippen LogP contribution in [0.4, 0.5) is 0 Å². The van der Waals surface area contributed by atoms with Gasteiger partial charge in [0.2, 0.25) is 0 Å². The fraction of sp³-hybridized carbons (Fsp3) is 0.611. The van der Waals surface area contributed by atoms with E-state index in [0.717, 1.165) is 18.5 Å². The minimum Gasteiger partial charge on any atom is -0.480 e. The number of carboxylic acids is 2.